The lowest BCUT2D eigenvalue weighted by molar-refractivity contribution is -0.123. The van der Waals surface area contributed by atoms with Gasteiger partial charge in [0.15, 0.2) is 12.3 Å². The molecule has 7 heteroatoms. The third-order valence-electron chi connectivity index (χ3n) is 4.88. The van der Waals surface area contributed by atoms with E-state index < -0.39 is 0 Å². The van der Waals surface area contributed by atoms with Crippen molar-refractivity contribution >= 4 is 16.9 Å². The molecule has 0 aromatic carbocycles. The van der Waals surface area contributed by atoms with Crippen LogP contribution in [0.1, 0.15) is 41.3 Å². The van der Waals surface area contributed by atoms with Gasteiger partial charge in [0.2, 0.25) is 5.88 Å². The number of carbonyl (C=O) groups is 1. The first-order valence-corrected chi connectivity index (χ1v) is 9.17. The zero-order chi connectivity index (χ0) is 19.0. The summed E-state index contributed by atoms with van der Waals surface area (Å²) in [4.78, 5) is 20.9. The van der Waals surface area contributed by atoms with Crippen molar-refractivity contribution in [1.82, 2.24) is 25.1 Å². The molecular weight excluding hydrogens is 342 g/mol. The Balaban J connectivity index is 1.42. The van der Waals surface area contributed by atoms with Crippen LogP contribution in [-0.2, 0) is 18.4 Å². The Morgan fingerprint density at radius 1 is 1.33 bits per heavy atom. The molecule has 140 valence electrons. The SMILES string of the molecule is Cc1cccnc1CNC(=O)COc1cc(C)c2c(C3CC3)nn(C)c2n1. The smallest absolute Gasteiger partial charge is 0.258 e. The third-order valence-corrected chi connectivity index (χ3v) is 4.88. The number of hydrogen-bond donors (Lipinski definition) is 1. The summed E-state index contributed by atoms with van der Waals surface area (Å²) in [6, 6.07) is 5.73. The van der Waals surface area contributed by atoms with Gasteiger partial charge in [-0.1, -0.05) is 6.07 Å². The van der Waals surface area contributed by atoms with Crippen LogP contribution >= 0.6 is 0 Å². The van der Waals surface area contributed by atoms with E-state index in [2.05, 4.69) is 20.4 Å². The Morgan fingerprint density at radius 3 is 2.89 bits per heavy atom. The minimum Gasteiger partial charge on any atom is -0.468 e. The van der Waals surface area contributed by atoms with Gasteiger partial charge in [0, 0.05) is 30.6 Å². The highest BCUT2D eigenvalue weighted by atomic mass is 16.5. The van der Waals surface area contributed by atoms with E-state index in [-0.39, 0.29) is 12.5 Å². The first-order valence-electron chi connectivity index (χ1n) is 9.17. The molecule has 1 fully saturated rings. The number of amides is 1. The summed E-state index contributed by atoms with van der Waals surface area (Å²) in [5.74, 6) is 0.791. The highest BCUT2D eigenvalue weighted by Crippen LogP contribution is 2.43. The lowest BCUT2D eigenvalue weighted by Crippen LogP contribution is -2.29. The molecule has 7 nitrogen and oxygen atoms in total. The van der Waals surface area contributed by atoms with Gasteiger partial charge in [-0.2, -0.15) is 10.1 Å². The van der Waals surface area contributed by atoms with Gasteiger partial charge in [-0.25, -0.2) is 0 Å². The molecule has 0 unspecified atom stereocenters. The maximum Gasteiger partial charge on any atom is 0.258 e. The largest absolute Gasteiger partial charge is 0.468 e. The van der Waals surface area contributed by atoms with Gasteiger partial charge < -0.3 is 10.1 Å². The van der Waals surface area contributed by atoms with Crippen LogP contribution in [-0.4, -0.2) is 32.3 Å². The minimum absolute atomic E-state index is 0.0861. The summed E-state index contributed by atoms with van der Waals surface area (Å²) in [6.45, 7) is 4.30. The number of carbonyl (C=O) groups excluding carboxylic acids is 1. The Bertz CT molecular complexity index is 1010. The van der Waals surface area contributed by atoms with Crippen LogP contribution in [0.4, 0.5) is 0 Å². The second kappa shape index (κ2) is 6.98. The molecule has 0 aliphatic heterocycles. The Morgan fingerprint density at radius 2 is 2.15 bits per heavy atom. The molecule has 1 N–H and O–H groups in total. The van der Waals surface area contributed by atoms with Crippen LogP contribution in [0.15, 0.2) is 24.4 Å². The fourth-order valence-corrected chi connectivity index (χ4v) is 3.23. The molecule has 3 aromatic heterocycles. The van der Waals surface area contributed by atoms with Crippen molar-refractivity contribution in [2.45, 2.75) is 39.2 Å². The summed E-state index contributed by atoms with van der Waals surface area (Å²) in [7, 11) is 1.90. The van der Waals surface area contributed by atoms with Gasteiger partial charge in [0.05, 0.1) is 17.9 Å². The lowest BCUT2D eigenvalue weighted by atomic mass is 10.1. The van der Waals surface area contributed by atoms with Crippen molar-refractivity contribution in [3.8, 4) is 5.88 Å². The summed E-state index contributed by atoms with van der Waals surface area (Å²) >= 11 is 0. The van der Waals surface area contributed by atoms with Gasteiger partial charge in [0.25, 0.3) is 5.91 Å². The number of fused-ring (bicyclic) bond motifs is 1. The summed E-state index contributed by atoms with van der Waals surface area (Å²) in [6.07, 6.45) is 4.11. The number of ether oxygens (including phenoxy) is 1. The van der Waals surface area contributed by atoms with E-state index in [1.807, 2.05) is 39.1 Å². The molecule has 1 saturated carbocycles. The van der Waals surface area contributed by atoms with Gasteiger partial charge in [0.1, 0.15) is 0 Å². The number of aryl methyl sites for hydroxylation is 3. The second-order valence-corrected chi connectivity index (χ2v) is 7.09. The van der Waals surface area contributed by atoms with Crippen LogP contribution in [0.25, 0.3) is 11.0 Å². The van der Waals surface area contributed by atoms with E-state index in [9.17, 15) is 4.79 Å². The van der Waals surface area contributed by atoms with Crippen LogP contribution in [0.2, 0.25) is 0 Å². The average molecular weight is 365 g/mol. The summed E-state index contributed by atoms with van der Waals surface area (Å²) < 4.78 is 7.43. The lowest BCUT2D eigenvalue weighted by Gasteiger charge is -2.09. The number of pyridine rings is 2. The van der Waals surface area contributed by atoms with Gasteiger partial charge >= 0.3 is 0 Å². The van der Waals surface area contributed by atoms with Gasteiger partial charge in [-0.3, -0.25) is 14.5 Å². The molecule has 1 aliphatic carbocycles. The molecule has 4 rings (SSSR count). The summed E-state index contributed by atoms with van der Waals surface area (Å²) in [5, 5.41) is 8.57. The molecule has 0 bridgehead atoms. The van der Waals surface area contributed by atoms with Crippen LogP contribution in [0.5, 0.6) is 5.88 Å². The van der Waals surface area contributed by atoms with Crippen LogP contribution in [0, 0.1) is 13.8 Å². The van der Waals surface area contributed by atoms with Gasteiger partial charge in [-0.05, 0) is 43.9 Å². The molecular formula is C20H23N5O2. The topological polar surface area (TPSA) is 81.9 Å². The molecule has 1 amide bonds. The maximum absolute atomic E-state index is 12.1. The first-order chi connectivity index (χ1) is 13.0. The van der Waals surface area contributed by atoms with Crippen molar-refractivity contribution in [2.75, 3.05) is 6.61 Å². The van der Waals surface area contributed by atoms with Crippen molar-refractivity contribution < 1.29 is 9.53 Å². The molecule has 3 aromatic rings. The molecule has 0 saturated heterocycles. The minimum atomic E-state index is -0.205. The predicted molar refractivity (Wildman–Crippen MR) is 102 cm³/mol. The van der Waals surface area contributed by atoms with Crippen molar-refractivity contribution in [3.63, 3.8) is 0 Å². The normalized spacial score (nSPS) is 13.7. The van der Waals surface area contributed by atoms with Crippen molar-refractivity contribution in [1.29, 1.82) is 0 Å². The number of nitrogens with one attached hydrogen (secondary N) is 1. The number of aromatic nitrogens is 4. The average Bonchev–Trinajstić information content (AvgIpc) is 3.44. The fraction of sp³-hybridized carbons (Fsp3) is 0.400. The maximum atomic E-state index is 12.1. The Kier molecular flexibility index (Phi) is 4.51. The molecule has 0 radical (unpaired) electrons. The quantitative estimate of drug-likeness (QED) is 0.726. The molecule has 0 atom stereocenters. The second-order valence-electron chi connectivity index (χ2n) is 7.09. The van der Waals surface area contributed by atoms with Crippen LogP contribution < -0.4 is 10.1 Å². The summed E-state index contributed by atoms with van der Waals surface area (Å²) in [5.41, 5.74) is 4.91. The Labute approximate surface area is 157 Å². The number of rotatable bonds is 6. The number of nitrogens with zero attached hydrogens (tertiary/aromatic N) is 4. The predicted octanol–water partition coefficient (Wildman–Crippen LogP) is 2.55. The van der Waals surface area contributed by atoms with E-state index in [4.69, 9.17) is 4.74 Å². The van der Waals surface area contributed by atoms with E-state index >= 15 is 0 Å². The molecule has 0 spiro atoms. The van der Waals surface area contributed by atoms with Crippen LogP contribution in [0.3, 0.4) is 0 Å². The molecule has 1 aliphatic rings. The third kappa shape index (κ3) is 3.63. The van der Waals surface area contributed by atoms with Crippen molar-refractivity contribution in [3.05, 3.63) is 46.9 Å². The molecule has 27 heavy (non-hydrogen) atoms. The highest BCUT2D eigenvalue weighted by molar-refractivity contribution is 5.84. The zero-order valence-corrected chi connectivity index (χ0v) is 15.8. The van der Waals surface area contributed by atoms with E-state index in [0.717, 1.165) is 33.5 Å². The molecule has 3 heterocycles. The standard InChI is InChI=1S/C20H23N5O2/c1-12-5-4-8-21-15(12)10-22-16(26)11-27-17-9-13(2)18-19(14-6-7-14)24-25(3)20(18)23-17/h4-5,8-9,14H,6-7,10-11H2,1-3H3,(H,22,26). The fourth-order valence-electron chi connectivity index (χ4n) is 3.23. The van der Waals surface area contributed by atoms with E-state index in [0.29, 0.717) is 18.3 Å². The Hall–Kier alpha value is -2.96. The van der Waals surface area contributed by atoms with Gasteiger partial charge in [-0.15, -0.1) is 0 Å². The zero-order valence-electron chi connectivity index (χ0n) is 15.8. The van der Waals surface area contributed by atoms with E-state index in [1.165, 1.54) is 12.8 Å². The number of hydrogen-bond acceptors (Lipinski definition) is 5. The monoisotopic (exact) mass is 365 g/mol. The first kappa shape index (κ1) is 17.5. The van der Waals surface area contributed by atoms with Crippen molar-refractivity contribution in [2.24, 2.45) is 7.05 Å². The van der Waals surface area contributed by atoms with E-state index in [1.54, 1.807) is 10.9 Å². The highest BCUT2D eigenvalue weighted by Gasteiger charge is 2.30.